The van der Waals surface area contributed by atoms with Crippen LogP contribution in [0, 0.1) is 5.92 Å². The zero-order valence-corrected chi connectivity index (χ0v) is 5.38. The van der Waals surface area contributed by atoms with Gasteiger partial charge >= 0.3 is 6.16 Å². The Hall–Kier alpha value is -0.730. The van der Waals surface area contributed by atoms with Crippen LogP contribution in [-0.2, 0) is 0 Å². The molecule has 0 saturated heterocycles. The molecule has 50 valence electrons. The SMILES string of the molecule is CC(C)C.O=C(O)O. The van der Waals surface area contributed by atoms with Crippen molar-refractivity contribution in [3.63, 3.8) is 0 Å². The quantitative estimate of drug-likeness (QED) is 0.513. The second-order valence-electron chi connectivity index (χ2n) is 2.01. The molecular formula is C5H12O3. The zero-order chi connectivity index (χ0) is 7.15. The van der Waals surface area contributed by atoms with Gasteiger partial charge in [0.2, 0.25) is 0 Å². The smallest absolute Gasteiger partial charge is 0.450 e. The summed E-state index contributed by atoms with van der Waals surface area (Å²) >= 11 is 0. The Morgan fingerprint density at radius 2 is 1.25 bits per heavy atom. The summed E-state index contributed by atoms with van der Waals surface area (Å²) in [5.41, 5.74) is 0. The third kappa shape index (κ3) is 180. The lowest BCUT2D eigenvalue weighted by Crippen LogP contribution is -1.81. The first kappa shape index (κ1) is 10.3. The Morgan fingerprint density at radius 3 is 1.25 bits per heavy atom. The van der Waals surface area contributed by atoms with Crippen LogP contribution in [-0.4, -0.2) is 16.4 Å². The lowest BCUT2D eigenvalue weighted by molar-refractivity contribution is 0.137. The third-order valence-corrected chi connectivity index (χ3v) is 0. The van der Waals surface area contributed by atoms with Crippen LogP contribution in [0.5, 0.6) is 0 Å². The first-order chi connectivity index (χ1) is 3.46. The van der Waals surface area contributed by atoms with Crippen LogP contribution >= 0.6 is 0 Å². The van der Waals surface area contributed by atoms with Crippen LogP contribution in [0.4, 0.5) is 4.79 Å². The Balaban J connectivity index is 0. The highest BCUT2D eigenvalue weighted by molar-refractivity contribution is 5.53. The number of hydrogen-bond acceptors (Lipinski definition) is 1. The lowest BCUT2D eigenvalue weighted by Gasteiger charge is -1.79. The van der Waals surface area contributed by atoms with E-state index in [-0.39, 0.29) is 0 Å². The van der Waals surface area contributed by atoms with Gasteiger partial charge in [-0.05, 0) is 5.92 Å². The van der Waals surface area contributed by atoms with Crippen molar-refractivity contribution in [3.8, 4) is 0 Å². The molecule has 0 aromatic rings. The average Bonchev–Trinajstić information content (AvgIpc) is 1.25. The average molecular weight is 120 g/mol. The summed E-state index contributed by atoms with van der Waals surface area (Å²) in [4.78, 5) is 8.56. The minimum absolute atomic E-state index is 0.833. The minimum Gasteiger partial charge on any atom is -0.450 e. The fourth-order valence-electron chi connectivity index (χ4n) is 0. The van der Waals surface area contributed by atoms with Gasteiger partial charge in [-0.25, -0.2) is 4.79 Å². The summed E-state index contributed by atoms with van der Waals surface area (Å²) in [5, 5.41) is 13.9. The fraction of sp³-hybridized carbons (Fsp3) is 0.800. The molecular weight excluding hydrogens is 108 g/mol. The highest BCUT2D eigenvalue weighted by Gasteiger charge is 1.70. The van der Waals surface area contributed by atoms with Gasteiger partial charge in [-0.2, -0.15) is 0 Å². The zero-order valence-electron chi connectivity index (χ0n) is 5.38. The maximum absolute atomic E-state index is 8.56. The molecule has 8 heavy (non-hydrogen) atoms. The summed E-state index contributed by atoms with van der Waals surface area (Å²) in [6.45, 7) is 6.50. The second kappa shape index (κ2) is 6.27. The molecule has 0 fully saturated rings. The van der Waals surface area contributed by atoms with Crippen LogP contribution in [0.3, 0.4) is 0 Å². The van der Waals surface area contributed by atoms with Crippen molar-refractivity contribution in [1.29, 1.82) is 0 Å². The highest BCUT2D eigenvalue weighted by Crippen LogP contribution is 1.81. The van der Waals surface area contributed by atoms with Crippen molar-refractivity contribution in [2.45, 2.75) is 20.8 Å². The van der Waals surface area contributed by atoms with E-state index in [9.17, 15) is 0 Å². The molecule has 0 atom stereocenters. The van der Waals surface area contributed by atoms with Gasteiger partial charge in [0.25, 0.3) is 0 Å². The van der Waals surface area contributed by atoms with E-state index < -0.39 is 6.16 Å². The standard InChI is InChI=1S/C4H10.CH2O3/c1-4(2)3;2-1(3)4/h4H,1-3H3;(H2,2,3,4). The Bertz CT molecular complexity index is 51.9. The molecule has 0 rings (SSSR count). The molecule has 0 radical (unpaired) electrons. The number of hydrogen-bond donors (Lipinski definition) is 2. The predicted octanol–water partition coefficient (Wildman–Crippen LogP) is 1.88. The molecule has 0 aliphatic heterocycles. The van der Waals surface area contributed by atoms with Crippen molar-refractivity contribution in [2.75, 3.05) is 0 Å². The molecule has 0 unspecified atom stereocenters. The van der Waals surface area contributed by atoms with E-state index in [1.54, 1.807) is 0 Å². The maximum Gasteiger partial charge on any atom is 0.503 e. The van der Waals surface area contributed by atoms with Crippen molar-refractivity contribution < 1.29 is 15.0 Å². The van der Waals surface area contributed by atoms with E-state index in [4.69, 9.17) is 15.0 Å². The molecule has 0 bridgehead atoms. The van der Waals surface area contributed by atoms with Crippen LogP contribution < -0.4 is 0 Å². The summed E-state index contributed by atoms with van der Waals surface area (Å²) < 4.78 is 0. The number of carbonyl (C=O) groups is 1. The molecule has 0 spiro atoms. The molecule has 0 saturated carbocycles. The van der Waals surface area contributed by atoms with E-state index in [0.29, 0.717) is 0 Å². The van der Waals surface area contributed by atoms with E-state index in [1.807, 2.05) is 0 Å². The topological polar surface area (TPSA) is 57.5 Å². The first-order valence-electron chi connectivity index (χ1n) is 2.38. The largest absolute Gasteiger partial charge is 0.503 e. The van der Waals surface area contributed by atoms with Gasteiger partial charge in [0.1, 0.15) is 0 Å². The van der Waals surface area contributed by atoms with Gasteiger partial charge in [0, 0.05) is 0 Å². The van der Waals surface area contributed by atoms with E-state index >= 15 is 0 Å². The van der Waals surface area contributed by atoms with Gasteiger partial charge in [-0.15, -0.1) is 0 Å². The van der Waals surface area contributed by atoms with Gasteiger partial charge in [-0.1, -0.05) is 20.8 Å². The monoisotopic (exact) mass is 120 g/mol. The molecule has 0 aliphatic rings. The molecule has 2 N–H and O–H groups in total. The molecule has 0 aromatic carbocycles. The molecule has 3 heteroatoms. The molecule has 0 aliphatic carbocycles. The summed E-state index contributed by atoms with van der Waals surface area (Å²) in [5.74, 6) is 0.833. The molecule has 0 aromatic heterocycles. The Labute approximate surface area is 49.0 Å². The van der Waals surface area contributed by atoms with E-state index in [2.05, 4.69) is 20.8 Å². The molecule has 3 nitrogen and oxygen atoms in total. The van der Waals surface area contributed by atoms with Crippen molar-refractivity contribution in [1.82, 2.24) is 0 Å². The van der Waals surface area contributed by atoms with E-state index in [0.717, 1.165) is 5.92 Å². The molecule has 0 amide bonds. The third-order valence-electron chi connectivity index (χ3n) is 0. The lowest BCUT2D eigenvalue weighted by atomic mass is 10.3. The van der Waals surface area contributed by atoms with Gasteiger partial charge in [-0.3, -0.25) is 0 Å². The van der Waals surface area contributed by atoms with Crippen LogP contribution in [0.15, 0.2) is 0 Å². The number of carboxylic acid groups (broad SMARTS) is 2. The Morgan fingerprint density at radius 1 is 1.25 bits per heavy atom. The first-order valence-corrected chi connectivity index (χ1v) is 2.38. The highest BCUT2D eigenvalue weighted by atomic mass is 16.6. The maximum atomic E-state index is 8.56. The fourth-order valence-corrected chi connectivity index (χ4v) is 0. The van der Waals surface area contributed by atoms with E-state index in [1.165, 1.54) is 0 Å². The van der Waals surface area contributed by atoms with Gasteiger partial charge in [0.05, 0.1) is 0 Å². The second-order valence-corrected chi connectivity index (χ2v) is 2.01. The summed E-state index contributed by atoms with van der Waals surface area (Å²) in [6.07, 6.45) is -1.83. The predicted molar refractivity (Wildman–Crippen MR) is 31.2 cm³/mol. The van der Waals surface area contributed by atoms with Gasteiger partial charge in [0.15, 0.2) is 0 Å². The Kier molecular flexibility index (Phi) is 8.07. The molecule has 0 heterocycles. The minimum atomic E-state index is -1.83. The van der Waals surface area contributed by atoms with Crippen molar-refractivity contribution >= 4 is 6.16 Å². The van der Waals surface area contributed by atoms with Gasteiger partial charge < -0.3 is 10.2 Å². The van der Waals surface area contributed by atoms with Crippen molar-refractivity contribution in [3.05, 3.63) is 0 Å². The number of rotatable bonds is 0. The van der Waals surface area contributed by atoms with Crippen molar-refractivity contribution in [2.24, 2.45) is 5.92 Å². The summed E-state index contributed by atoms with van der Waals surface area (Å²) in [7, 11) is 0. The summed E-state index contributed by atoms with van der Waals surface area (Å²) in [6, 6.07) is 0. The van der Waals surface area contributed by atoms with Crippen LogP contribution in [0.2, 0.25) is 0 Å². The van der Waals surface area contributed by atoms with Crippen LogP contribution in [0.25, 0.3) is 0 Å². The normalized spacial score (nSPS) is 7.50. The van der Waals surface area contributed by atoms with Crippen LogP contribution in [0.1, 0.15) is 20.8 Å².